The van der Waals surface area contributed by atoms with E-state index >= 15 is 0 Å². The highest BCUT2D eigenvalue weighted by atomic mass is 35.5. The zero-order valence-electron chi connectivity index (χ0n) is 11.2. The normalized spacial score (nSPS) is 11.2. The minimum absolute atomic E-state index is 0.118. The first-order valence-corrected chi connectivity index (χ1v) is 8.11. The summed E-state index contributed by atoms with van der Waals surface area (Å²) in [5.74, 6) is -0.604. The summed E-state index contributed by atoms with van der Waals surface area (Å²) in [6.45, 7) is 2.46. The fraction of sp³-hybridized carbons (Fsp3) is 0.143. The van der Waals surface area contributed by atoms with Gasteiger partial charge in [-0.1, -0.05) is 23.7 Å². The van der Waals surface area contributed by atoms with E-state index in [-0.39, 0.29) is 15.6 Å². The van der Waals surface area contributed by atoms with Crippen LogP contribution < -0.4 is 10.0 Å². The second-order valence-corrected chi connectivity index (χ2v) is 6.32. The summed E-state index contributed by atoms with van der Waals surface area (Å²) in [5.41, 5.74) is 0.702. The summed E-state index contributed by atoms with van der Waals surface area (Å²) in [5, 5.41) is 2.84. The molecule has 0 spiro atoms. The van der Waals surface area contributed by atoms with Gasteiger partial charge in [0.15, 0.2) is 0 Å². The third kappa shape index (κ3) is 3.65. The molecule has 7 heteroatoms. The van der Waals surface area contributed by atoms with Crippen molar-refractivity contribution in [2.75, 3.05) is 16.6 Å². The number of nitrogens with one attached hydrogen (secondary N) is 2. The lowest BCUT2D eigenvalue weighted by Crippen LogP contribution is -2.15. The van der Waals surface area contributed by atoms with Crippen molar-refractivity contribution < 1.29 is 12.8 Å². The summed E-state index contributed by atoms with van der Waals surface area (Å²) < 4.78 is 40.3. The second kappa shape index (κ2) is 6.32. The standard InChI is InChI=1S/C14H14ClFN2O2S/c1-2-17-13-5-3-4-6-14(13)21(19,20)18-10-7-8-12(16)11(15)9-10/h3-9,17-18H,2H2,1H3. The minimum atomic E-state index is -3.79. The molecule has 0 aliphatic carbocycles. The number of benzene rings is 2. The average Bonchev–Trinajstić information content (AvgIpc) is 2.43. The highest BCUT2D eigenvalue weighted by Crippen LogP contribution is 2.25. The molecular formula is C14H14ClFN2O2S. The first kappa shape index (κ1) is 15.6. The molecule has 0 radical (unpaired) electrons. The van der Waals surface area contributed by atoms with Crippen molar-refractivity contribution in [1.82, 2.24) is 0 Å². The first-order chi connectivity index (χ1) is 9.94. The third-order valence-electron chi connectivity index (χ3n) is 2.72. The molecule has 2 N–H and O–H groups in total. The Morgan fingerprint density at radius 1 is 1.19 bits per heavy atom. The van der Waals surface area contributed by atoms with Crippen LogP contribution in [-0.2, 0) is 10.0 Å². The van der Waals surface area contributed by atoms with E-state index in [0.717, 1.165) is 6.07 Å². The molecule has 0 bridgehead atoms. The van der Waals surface area contributed by atoms with E-state index in [1.165, 1.54) is 18.2 Å². The predicted molar refractivity (Wildman–Crippen MR) is 82.8 cm³/mol. The van der Waals surface area contributed by atoms with Gasteiger partial charge in [-0.3, -0.25) is 4.72 Å². The van der Waals surface area contributed by atoms with Crippen LogP contribution in [0.3, 0.4) is 0 Å². The number of halogens is 2. The average molecular weight is 329 g/mol. The number of anilines is 2. The second-order valence-electron chi connectivity index (χ2n) is 4.26. The van der Waals surface area contributed by atoms with E-state index in [2.05, 4.69) is 10.0 Å². The fourth-order valence-corrected chi connectivity index (χ4v) is 3.22. The number of hydrogen-bond acceptors (Lipinski definition) is 3. The molecule has 112 valence electrons. The molecule has 0 fully saturated rings. The van der Waals surface area contributed by atoms with E-state index < -0.39 is 15.8 Å². The molecule has 0 unspecified atom stereocenters. The zero-order chi connectivity index (χ0) is 15.5. The van der Waals surface area contributed by atoms with Gasteiger partial charge in [-0.2, -0.15) is 0 Å². The van der Waals surface area contributed by atoms with Gasteiger partial charge in [0.25, 0.3) is 10.0 Å². The van der Waals surface area contributed by atoms with Gasteiger partial charge >= 0.3 is 0 Å². The summed E-state index contributed by atoms with van der Waals surface area (Å²) in [6, 6.07) is 10.2. The van der Waals surface area contributed by atoms with E-state index in [4.69, 9.17) is 11.6 Å². The predicted octanol–water partition coefficient (Wildman–Crippen LogP) is 3.71. The SMILES string of the molecule is CCNc1ccccc1S(=O)(=O)Nc1ccc(F)c(Cl)c1. The van der Waals surface area contributed by atoms with E-state index in [1.54, 1.807) is 18.2 Å². The number of rotatable bonds is 5. The topological polar surface area (TPSA) is 58.2 Å². The Morgan fingerprint density at radius 2 is 1.90 bits per heavy atom. The van der Waals surface area contributed by atoms with Gasteiger partial charge < -0.3 is 5.32 Å². The Kier molecular flexibility index (Phi) is 4.69. The van der Waals surface area contributed by atoms with Crippen LogP contribution in [0, 0.1) is 5.82 Å². The van der Waals surface area contributed by atoms with Gasteiger partial charge in [0, 0.05) is 6.54 Å². The monoisotopic (exact) mass is 328 g/mol. The molecular weight excluding hydrogens is 315 g/mol. The van der Waals surface area contributed by atoms with Gasteiger partial charge in [0.1, 0.15) is 10.7 Å². The lowest BCUT2D eigenvalue weighted by Gasteiger charge is -2.13. The van der Waals surface area contributed by atoms with Crippen molar-refractivity contribution in [3.8, 4) is 0 Å². The minimum Gasteiger partial charge on any atom is -0.384 e. The van der Waals surface area contributed by atoms with Crippen molar-refractivity contribution in [1.29, 1.82) is 0 Å². The molecule has 2 aromatic carbocycles. The summed E-state index contributed by atoms with van der Waals surface area (Å²) in [6.07, 6.45) is 0. The largest absolute Gasteiger partial charge is 0.384 e. The van der Waals surface area contributed by atoms with Gasteiger partial charge in [-0.25, -0.2) is 12.8 Å². The van der Waals surface area contributed by atoms with Gasteiger partial charge in [0.05, 0.1) is 16.4 Å². The maximum Gasteiger partial charge on any atom is 0.263 e. The summed E-state index contributed by atoms with van der Waals surface area (Å²) >= 11 is 5.65. The van der Waals surface area contributed by atoms with Gasteiger partial charge in [-0.05, 0) is 37.3 Å². The lowest BCUT2D eigenvalue weighted by atomic mass is 10.3. The van der Waals surface area contributed by atoms with Crippen molar-refractivity contribution in [2.45, 2.75) is 11.8 Å². The van der Waals surface area contributed by atoms with E-state index in [0.29, 0.717) is 12.2 Å². The van der Waals surface area contributed by atoms with Crippen LogP contribution in [0.25, 0.3) is 0 Å². The van der Waals surface area contributed by atoms with Crippen LogP contribution in [0.15, 0.2) is 47.4 Å². The summed E-state index contributed by atoms with van der Waals surface area (Å²) in [7, 11) is -3.79. The van der Waals surface area contributed by atoms with Crippen molar-refractivity contribution >= 4 is 33.0 Å². The molecule has 0 aromatic heterocycles. The number of para-hydroxylation sites is 1. The fourth-order valence-electron chi connectivity index (χ4n) is 1.81. The molecule has 0 heterocycles. The van der Waals surface area contributed by atoms with E-state index in [1.807, 2.05) is 6.92 Å². The Bertz CT molecular complexity index is 750. The first-order valence-electron chi connectivity index (χ1n) is 6.25. The van der Waals surface area contributed by atoms with Crippen LogP contribution in [0.1, 0.15) is 6.92 Å². The maximum atomic E-state index is 13.1. The van der Waals surface area contributed by atoms with E-state index in [9.17, 15) is 12.8 Å². The molecule has 21 heavy (non-hydrogen) atoms. The van der Waals surface area contributed by atoms with Crippen LogP contribution in [0.4, 0.5) is 15.8 Å². The smallest absolute Gasteiger partial charge is 0.263 e. The molecule has 0 amide bonds. The van der Waals surface area contributed by atoms with Crippen LogP contribution >= 0.6 is 11.6 Å². The van der Waals surface area contributed by atoms with Crippen LogP contribution in [-0.4, -0.2) is 15.0 Å². The molecule has 2 rings (SSSR count). The van der Waals surface area contributed by atoms with Gasteiger partial charge in [-0.15, -0.1) is 0 Å². The van der Waals surface area contributed by atoms with Crippen molar-refractivity contribution in [2.24, 2.45) is 0 Å². The third-order valence-corrected chi connectivity index (χ3v) is 4.44. The Labute approximate surface area is 128 Å². The summed E-state index contributed by atoms with van der Waals surface area (Å²) in [4.78, 5) is 0.118. The van der Waals surface area contributed by atoms with Crippen molar-refractivity contribution in [3.05, 3.63) is 53.3 Å². The molecule has 2 aromatic rings. The maximum absolute atomic E-state index is 13.1. The number of sulfonamides is 1. The molecule has 4 nitrogen and oxygen atoms in total. The molecule has 0 saturated heterocycles. The van der Waals surface area contributed by atoms with Crippen LogP contribution in [0.5, 0.6) is 0 Å². The number of hydrogen-bond donors (Lipinski definition) is 2. The molecule has 0 aliphatic rings. The Hall–Kier alpha value is -1.79. The Balaban J connectivity index is 2.36. The molecule has 0 atom stereocenters. The zero-order valence-corrected chi connectivity index (χ0v) is 12.8. The van der Waals surface area contributed by atoms with Gasteiger partial charge in [0.2, 0.25) is 0 Å². The molecule has 0 saturated carbocycles. The quantitative estimate of drug-likeness (QED) is 0.879. The van der Waals surface area contributed by atoms with Crippen molar-refractivity contribution in [3.63, 3.8) is 0 Å². The lowest BCUT2D eigenvalue weighted by molar-refractivity contribution is 0.601. The highest BCUT2D eigenvalue weighted by molar-refractivity contribution is 7.92. The van der Waals surface area contributed by atoms with Crippen LogP contribution in [0.2, 0.25) is 5.02 Å². The molecule has 0 aliphatic heterocycles. The Morgan fingerprint density at radius 3 is 2.57 bits per heavy atom. The highest BCUT2D eigenvalue weighted by Gasteiger charge is 2.18.